The van der Waals surface area contributed by atoms with Gasteiger partial charge in [-0.3, -0.25) is 4.90 Å². The van der Waals surface area contributed by atoms with Crippen molar-refractivity contribution >= 4 is 5.69 Å². The Balaban J connectivity index is 2.32. The number of hydrogen-bond acceptors (Lipinski definition) is 3. The summed E-state index contributed by atoms with van der Waals surface area (Å²) >= 11 is 0. The van der Waals surface area contributed by atoms with Crippen LogP contribution in [-0.4, -0.2) is 31.1 Å². The molecule has 0 saturated heterocycles. The Labute approximate surface area is 103 Å². The van der Waals surface area contributed by atoms with Crippen molar-refractivity contribution in [2.24, 2.45) is 0 Å². The first kappa shape index (κ1) is 11.9. The van der Waals surface area contributed by atoms with Gasteiger partial charge in [-0.1, -0.05) is 25.1 Å². The highest BCUT2D eigenvalue weighted by Gasteiger charge is 2.24. The number of hydrogen-bond donors (Lipinski definition) is 0. The quantitative estimate of drug-likeness (QED) is 0.729. The van der Waals surface area contributed by atoms with Crippen LogP contribution in [0, 0.1) is 11.3 Å². The lowest BCUT2D eigenvalue weighted by Crippen LogP contribution is -2.40. The number of para-hydroxylation sites is 1. The first-order chi connectivity index (χ1) is 8.26. The van der Waals surface area contributed by atoms with Crippen molar-refractivity contribution in [3.8, 4) is 6.07 Å². The summed E-state index contributed by atoms with van der Waals surface area (Å²) < 4.78 is 0. The SMILES string of the molecule is CCC1CN(C)c2ccccc2CN1CC#N. The third-order valence-electron chi connectivity index (χ3n) is 3.52. The Kier molecular flexibility index (Phi) is 3.65. The highest BCUT2D eigenvalue weighted by atomic mass is 15.2. The fourth-order valence-corrected chi connectivity index (χ4v) is 2.56. The van der Waals surface area contributed by atoms with Crippen LogP contribution in [0.4, 0.5) is 5.69 Å². The Morgan fingerprint density at radius 3 is 2.88 bits per heavy atom. The van der Waals surface area contributed by atoms with Crippen LogP contribution in [0.25, 0.3) is 0 Å². The molecule has 0 N–H and O–H groups in total. The minimum absolute atomic E-state index is 0.465. The van der Waals surface area contributed by atoms with Crippen molar-refractivity contribution in [2.75, 3.05) is 25.0 Å². The van der Waals surface area contributed by atoms with Gasteiger partial charge in [0, 0.05) is 31.9 Å². The van der Waals surface area contributed by atoms with Crippen LogP contribution >= 0.6 is 0 Å². The molecule has 0 spiro atoms. The van der Waals surface area contributed by atoms with E-state index >= 15 is 0 Å². The van der Waals surface area contributed by atoms with E-state index in [4.69, 9.17) is 5.26 Å². The lowest BCUT2D eigenvalue weighted by molar-refractivity contribution is 0.215. The van der Waals surface area contributed by atoms with E-state index < -0.39 is 0 Å². The monoisotopic (exact) mass is 229 g/mol. The van der Waals surface area contributed by atoms with Gasteiger partial charge in [-0.2, -0.15) is 5.26 Å². The zero-order valence-electron chi connectivity index (χ0n) is 10.6. The van der Waals surface area contributed by atoms with Crippen LogP contribution in [0.5, 0.6) is 0 Å². The summed E-state index contributed by atoms with van der Waals surface area (Å²) in [5.74, 6) is 0. The molecule has 90 valence electrons. The Morgan fingerprint density at radius 2 is 2.18 bits per heavy atom. The molecule has 0 bridgehead atoms. The number of anilines is 1. The average Bonchev–Trinajstić information content (AvgIpc) is 2.48. The summed E-state index contributed by atoms with van der Waals surface area (Å²) in [4.78, 5) is 4.59. The minimum atomic E-state index is 0.465. The highest BCUT2D eigenvalue weighted by Crippen LogP contribution is 2.26. The first-order valence-electron chi connectivity index (χ1n) is 6.16. The van der Waals surface area contributed by atoms with Crippen molar-refractivity contribution in [3.05, 3.63) is 29.8 Å². The number of benzene rings is 1. The Hall–Kier alpha value is -1.53. The van der Waals surface area contributed by atoms with Crippen molar-refractivity contribution in [1.29, 1.82) is 5.26 Å². The maximum Gasteiger partial charge on any atom is 0.0871 e. The average molecular weight is 229 g/mol. The van der Waals surface area contributed by atoms with E-state index in [1.807, 2.05) is 0 Å². The van der Waals surface area contributed by atoms with Gasteiger partial charge in [-0.15, -0.1) is 0 Å². The maximum atomic E-state index is 8.93. The molecule has 3 nitrogen and oxygen atoms in total. The van der Waals surface area contributed by atoms with E-state index in [2.05, 4.69) is 54.1 Å². The molecule has 0 radical (unpaired) electrons. The van der Waals surface area contributed by atoms with Gasteiger partial charge in [-0.25, -0.2) is 0 Å². The molecule has 0 fully saturated rings. The molecule has 1 aromatic carbocycles. The highest BCUT2D eigenvalue weighted by molar-refractivity contribution is 5.54. The second-order valence-electron chi connectivity index (χ2n) is 4.63. The maximum absolute atomic E-state index is 8.93. The number of rotatable bonds is 2. The smallest absolute Gasteiger partial charge is 0.0871 e. The van der Waals surface area contributed by atoms with Gasteiger partial charge in [0.05, 0.1) is 12.6 Å². The molecule has 0 aliphatic carbocycles. The lowest BCUT2D eigenvalue weighted by atomic mass is 10.1. The predicted molar refractivity (Wildman–Crippen MR) is 69.8 cm³/mol. The van der Waals surface area contributed by atoms with Crippen molar-refractivity contribution in [1.82, 2.24) is 4.90 Å². The molecule has 1 heterocycles. The fourth-order valence-electron chi connectivity index (χ4n) is 2.56. The third kappa shape index (κ3) is 2.42. The van der Waals surface area contributed by atoms with Crippen molar-refractivity contribution < 1.29 is 0 Å². The van der Waals surface area contributed by atoms with Crippen LogP contribution in [0.3, 0.4) is 0 Å². The van der Waals surface area contributed by atoms with Gasteiger partial charge in [0.25, 0.3) is 0 Å². The zero-order valence-corrected chi connectivity index (χ0v) is 10.6. The second kappa shape index (κ2) is 5.20. The van der Waals surface area contributed by atoms with Crippen LogP contribution in [0.2, 0.25) is 0 Å². The molecule has 1 atom stereocenters. The summed E-state index contributed by atoms with van der Waals surface area (Å²) in [6.07, 6.45) is 1.08. The molecule has 17 heavy (non-hydrogen) atoms. The molecule has 1 aliphatic heterocycles. The first-order valence-corrected chi connectivity index (χ1v) is 6.16. The van der Waals surface area contributed by atoms with Crippen LogP contribution in [0.1, 0.15) is 18.9 Å². The van der Waals surface area contributed by atoms with E-state index in [0.717, 1.165) is 19.5 Å². The number of nitriles is 1. The Morgan fingerprint density at radius 1 is 1.41 bits per heavy atom. The fraction of sp³-hybridized carbons (Fsp3) is 0.500. The normalized spacial score (nSPS) is 20.5. The molecule has 1 aromatic rings. The summed E-state index contributed by atoms with van der Waals surface area (Å²) in [6, 6.07) is 11.2. The van der Waals surface area contributed by atoms with Gasteiger partial charge in [0.2, 0.25) is 0 Å². The summed E-state index contributed by atoms with van der Waals surface area (Å²) in [7, 11) is 2.14. The van der Waals surface area contributed by atoms with Gasteiger partial charge >= 0.3 is 0 Å². The summed E-state index contributed by atoms with van der Waals surface area (Å²) in [5, 5.41) is 8.93. The van der Waals surface area contributed by atoms with Gasteiger partial charge < -0.3 is 4.90 Å². The third-order valence-corrected chi connectivity index (χ3v) is 3.52. The lowest BCUT2D eigenvalue weighted by Gasteiger charge is -2.28. The molecule has 0 aromatic heterocycles. The van der Waals surface area contributed by atoms with E-state index in [1.54, 1.807) is 0 Å². The van der Waals surface area contributed by atoms with Crippen LogP contribution in [0.15, 0.2) is 24.3 Å². The topological polar surface area (TPSA) is 30.3 Å². The second-order valence-corrected chi connectivity index (χ2v) is 4.63. The zero-order chi connectivity index (χ0) is 12.3. The van der Waals surface area contributed by atoms with Crippen LogP contribution in [-0.2, 0) is 6.54 Å². The molecule has 1 unspecified atom stereocenters. The van der Waals surface area contributed by atoms with Gasteiger partial charge in [0.1, 0.15) is 0 Å². The van der Waals surface area contributed by atoms with Gasteiger partial charge in [-0.05, 0) is 18.1 Å². The number of likely N-dealkylation sites (N-methyl/N-ethyl adjacent to an activating group) is 1. The van der Waals surface area contributed by atoms with E-state index in [0.29, 0.717) is 12.6 Å². The number of fused-ring (bicyclic) bond motifs is 1. The van der Waals surface area contributed by atoms with Crippen molar-refractivity contribution in [3.63, 3.8) is 0 Å². The molecule has 0 amide bonds. The molecule has 1 aliphatic rings. The standard InChI is InChI=1S/C14H19N3/c1-3-13-11-16(2)14-7-5-4-6-12(14)10-17(13)9-8-15/h4-7,13H,3,9-11H2,1-2H3. The largest absolute Gasteiger partial charge is 0.373 e. The molecule has 0 saturated carbocycles. The van der Waals surface area contributed by atoms with E-state index in [1.165, 1.54) is 11.3 Å². The molecule has 3 heteroatoms. The van der Waals surface area contributed by atoms with E-state index in [-0.39, 0.29) is 0 Å². The van der Waals surface area contributed by atoms with Crippen LogP contribution < -0.4 is 4.90 Å². The summed E-state index contributed by atoms with van der Waals surface area (Å²) in [5.41, 5.74) is 2.62. The van der Waals surface area contributed by atoms with Crippen molar-refractivity contribution in [2.45, 2.75) is 25.9 Å². The predicted octanol–water partition coefficient (Wildman–Crippen LogP) is 2.24. The van der Waals surface area contributed by atoms with E-state index in [9.17, 15) is 0 Å². The minimum Gasteiger partial charge on any atom is -0.373 e. The van der Waals surface area contributed by atoms with Gasteiger partial charge in [0.15, 0.2) is 0 Å². The molecular formula is C14H19N3. The molecule has 2 rings (SSSR count). The summed E-state index contributed by atoms with van der Waals surface area (Å²) in [6.45, 7) is 4.58. The molecular weight excluding hydrogens is 210 g/mol. The Bertz CT molecular complexity index is 422. The number of nitrogens with zero attached hydrogens (tertiary/aromatic N) is 3.